The van der Waals surface area contributed by atoms with Crippen molar-refractivity contribution >= 4 is 17.1 Å². The Hall–Kier alpha value is -2.07. The number of nitrogens with one attached hydrogen (secondary N) is 1. The second-order valence-corrected chi connectivity index (χ2v) is 4.04. The van der Waals surface area contributed by atoms with Crippen LogP contribution < -0.4 is 5.56 Å². The zero-order valence-corrected chi connectivity index (χ0v) is 9.48. The quantitative estimate of drug-likeness (QED) is 0.715. The molecule has 0 amide bonds. The molecule has 0 aliphatic heterocycles. The van der Waals surface area contributed by atoms with Crippen molar-refractivity contribution in [2.45, 2.75) is 0 Å². The normalized spacial score (nSPS) is 10.9. The summed E-state index contributed by atoms with van der Waals surface area (Å²) in [5.41, 5.74) is 1.84. The van der Waals surface area contributed by atoms with Crippen LogP contribution >= 0.6 is 11.6 Å². The third kappa shape index (κ3) is 1.62. The predicted molar refractivity (Wildman–Crippen MR) is 66.3 cm³/mol. The highest BCUT2D eigenvalue weighted by molar-refractivity contribution is 6.33. The molecule has 0 atom stereocenters. The van der Waals surface area contributed by atoms with Gasteiger partial charge in [0.15, 0.2) is 0 Å². The van der Waals surface area contributed by atoms with Gasteiger partial charge in [-0.15, -0.1) is 0 Å². The lowest BCUT2D eigenvalue weighted by molar-refractivity contribution is 0.940. The highest BCUT2D eigenvalue weighted by Crippen LogP contribution is 2.26. The highest BCUT2D eigenvalue weighted by atomic mass is 35.5. The molecule has 1 N–H and O–H groups in total. The molecule has 0 unspecified atom stereocenters. The molecule has 0 aliphatic rings. The van der Waals surface area contributed by atoms with E-state index in [0.717, 1.165) is 5.56 Å². The summed E-state index contributed by atoms with van der Waals surface area (Å²) in [4.78, 5) is 14.2. The first kappa shape index (κ1) is 10.1. The third-order valence-corrected chi connectivity index (χ3v) is 2.88. The molecule has 0 radical (unpaired) electrons. The molecule has 17 heavy (non-hydrogen) atoms. The van der Waals surface area contributed by atoms with Gasteiger partial charge in [0.2, 0.25) is 0 Å². The average molecular weight is 246 g/mol. The number of hydrogen-bond donors (Lipinski definition) is 1. The van der Waals surface area contributed by atoms with Crippen LogP contribution in [0.4, 0.5) is 0 Å². The number of aromatic nitrogens is 3. The van der Waals surface area contributed by atoms with Crippen molar-refractivity contribution in [2.24, 2.45) is 0 Å². The molecule has 0 spiro atoms. The zero-order valence-electron chi connectivity index (χ0n) is 8.72. The van der Waals surface area contributed by atoms with Crippen LogP contribution in [0.1, 0.15) is 0 Å². The first-order valence-corrected chi connectivity index (χ1v) is 5.45. The highest BCUT2D eigenvalue weighted by Gasteiger charge is 2.08. The van der Waals surface area contributed by atoms with Gasteiger partial charge in [-0.3, -0.25) is 4.79 Å². The Morgan fingerprint density at radius 2 is 2.12 bits per heavy atom. The number of H-pyrrole nitrogens is 1. The number of benzene rings is 1. The van der Waals surface area contributed by atoms with Crippen molar-refractivity contribution in [3.63, 3.8) is 0 Å². The lowest BCUT2D eigenvalue weighted by Gasteiger charge is -1.97. The minimum absolute atomic E-state index is 0.168. The largest absolute Gasteiger partial charge is 0.326 e. The topological polar surface area (TPSA) is 50.2 Å². The second-order valence-electron chi connectivity index (χ2n) is 3.63. The summed E-state index contributed by atoms with van der Waals surface area (Å²) < 4.78 is 1.54. The van der Waals surface area contributed by atoms with Crippen LogP contribution in [0.25, 0.3) is 16.8 Å². The number of halogens is 1. The molecule has 0 aliphatic carbocycles. The van der Waals surface area contributed by atoms with E-state index >= 15 is 0 Å². The van der Waals surface area contributed by atoms with Crippen molar-refractivity contribution in [2.75, 3.05) is 0 Å². The van der Waals surface area contributed by atoms with Crippen molar-refractivity contribution in [1.29, 1.82) is 0 Å². The van der Waals surface area contributed by atoms with Crippen LogP contribution in [-0.2, 0) is 0 Å². The van der Waals surface area contributed by atoms with E-state index in [1.165, 1.54) is 4.52 Å². The van der Waals surface area contributed by atoms with Crippen LogP contribution in [0.2, 0.25) is 5.02 Å². The van der Waals surface area contributed by atoms with E-state index in [0.29, 0.717) is 16.2 Å². The summed E-state index contributed by atoms with van der Waals surface area (Å²) >= 11 is 6.09. The molecule has 84 valence electrons. The van der Waals surface area contributed by atoms with Gasteiger partial charge in [0.05, 0.1) is 10.7 Å². The average Bonchev–Trinajstić information content (AvgIpc) is 2.75. The molecule has 5 heteroatoms. The molecule has 3 rings (SSSR count). The molecule has 1 aromatic carbocycles. The predicted octanol–water partition coefficient (Wildman–Crippen LogP) is 2.34. The first-order chi connectivity index (χ1) is 8.25. The van der Waals surface area contributed by atoms with E-state index in [-0.39, 0.29) is 5.56 Å². The Labute approximate surface area is 101 Å². The molecule has 0 saturated carbocycles. The van der Waals surface area contributed by atoms with Crippen LogP contribution in [0.15, 0.2) is 47.5 Å². The summed E-state index contributed by atoms with van der Waals surface area (Å²) in [7, 11) is 0. The van der Waals surface area contributed by atoms with Gasteiger partial charge in [0.1, 0.15) is 5.52 Å². The fourth-order valence-corrected chi connectivity index (χ4v) is 1.97. The molecule has 0 saturated heterocycles. The van der Waals surface area contributed by atoms with Gasteiger partial charge in [-0.05, 0) is 12.1 Å². The van der Waals surface area contributed by atoms with Crippen molar-refractivity contribution in [3.8, 4) is 11.3 Å². The SMILES string of the molecule is O=c1[nH]ccn2nc(-c3ccccc3Cl)cc12. The van der Waals surface area contributed by atoms with Gasteiger partial charge < -0.3 is 4.98 Å². The number of fused-ring (bicyclic) bond motifs is 1. The molecule has 0 fully saturated rings. The summed E-state index contributed by atoms with van der Waals surface area (Å²) in [5, 5.41) is 4.93. The molecule has 2 heterocycles. The van der Waals surface area contributed by atoms with E-state index in [9.17, 15) is 4.79 Å². The molecule has 0 bridgehead atoms. The Morgan fingerprint density at radius 3 is 2.88 bits per heavy atom. The van der Waals surface area contributed by atoms with Crippen molar-refractivity contribution in [1.82, 2.24) is 14.6 Å². The van der Waals surface area contributed by atoms with E-state index in [2.05, 4.69) is 10.1 Å². The zero-order chi connectivity index (χ0) is 11.8. The number of aromatic amines is 1. The summed E-state index contributed by atoms with van der Waals surface area (Å²) in [5.74, 6) is 0. The smallest absolute Gasteiger partial charge is 0.273 e. The maximum atomic E-state index is 11.6. The first-order valence-electron chi connectivity index (χ1n) is 5.08. The lowest BCUT2D eigenvalue weighted by Crippen LogP contribution is -2.07. The van der Waals surface area contributed by atoms with Gasteiger partial charge in [-0.25, -0.2) is 4.52 Å². The van der Waals surface area contributed by atoms with Crippen LogP contribution in [-0.4, -0.2) is 14.6 Å². The molecule has 3 aromatic rings. The maximum absolute atomic E-state index is 11.6. The van der Waals surface area contributed by atoms with Gasteiger partial charge in [-0.1, -0.05) is 29.8 Å². The third-order valence-electron chi connectivity index (χ3n) is 2.55. The van der Waals surface area contributed by atoms with Gasteiger partial charge in [0, 0.05) is 18.0 Å². The molecule has 4 nitrogen and oxygen atoms in total. The van der Waals surface area contributed by atoms with E-state index in [1.54, 1.807) is 24.5 Å². The Bertz CT molecular complexity index is 745. The molecular weight excluding hydrogens is 238 g/mol. The summed E-state index contributed by atoms with van der Waals surface area (Å²) in [6, 6.07) is 9.13. The second kappa shape index (κ2) is 3.75. The minimum Gasteiger partial charge on any atom is -0.326 e. The number of hydrogen-bond acceptors (Lipinski definition) is 2. The van der Waals surface area contributed by atoms with E-state index < -0.39 is 0 Å². The van der Waals surface area contributed by atoms with E-state index in [1.807, 2.05) is 18.2 Å². The minimum atomic E-state index is -0.168. The number of nitrogens with zero attached hydrogens (tertiary/aromatic N) is 2. The fourth-order valence-electron chi connectivity index (χ4n) is 1.74. The number of rotatable bonds is 1. The fraction of sp³-hybridized carbons (Fsp3) is 0. The Kier molecular flexibility index (Phi) is 2.23. The van der Waals surface area contributed by atoms with Crippen molar-refractivity contribution in [3.05, 3.63) is 58.1 Å². The van der Waals surface area contributed by atoms with Gasteiger partial charge in [0.25, 0.3) is 5.56 Å². The van der Waals surface area contributed by atoms with Gasteiger partial charge in [-0.2, -0.15) is 5.10 Å². The van der Waals surface area contributed by atoms with Crippen LogP contribution in [0.3, 0.4) is 0 Å². The standard InChI is InChI=1S/C12H8ClN3O/c13-9-4-2-1-3-8(9)10-7-11-12(17)14-5-6-16(11)15-10/h1-7H,(H,14,17). The maximum Gasteiger partial charge on any atom is 0.273 e. The van der Waals surface area contributed by atoms with Crippen LogP contribution in [0, 0.1) is 0 Å². The molecular formula is C12H8ClN3O. The summed E-state index contributed by atoms with van der Waals surface area (Å²) in [6.45, 7) is 0. The Balaban J connectivity index is 2.30. The lowest BCUT2D eigenvalue weighted by atomic mass is 10.1. The Morgan fingerprint density at radius 1 is 1.29 bits per heavy atom. The van der Waals surface area contributed by atoms with Crippen LogP contribution in [0.5, 0.6) is 0 Å². The van der Waals surface area contributed by atoms with Crippen molar-refractivity contribution < 1.29 is 0 Å². The molecule has 2 aromatic heterocycles. The van der Waals surface area contributed by atoms with E-state index in [4.69, 9.17) is 11.6 Å². The van der Waals surface area contributed by atoms with Gasteiger partial charge >= 0.3 is 0 Å². The summed E-state index contributed by atoms with van der Waals surface area (Å²) in [6.07, 6.45) is 3.25. The monoisotopic (exact) mass is 245 g/mol.